The molecule has 0 radical (unpaired) electrons. The zero-order chi connectivity index (χ0) is 14.2. The molecule has 1 aromatic heterocycles. The topological polar surface area (TPSA) is 43.4 Å². The molecule has 0 saturated heterocycles. The van der Waals surface area contributed by atoms with Gasteiger partial charge in [0.1, 0.15) is 10.8 Å². The fourth-order valence-corrected chi connectivity index (χ4v) is 2.68. The van der Waals surface area contributed by atoms with E-state index in [1.165, 1.54) is 0 Å². The van der Waals surface area contributed by atoms with Crippen LogP contribution < -0.4 is 10.1 Å². The van der Waals surface area contributed by atoms with Crippen LogP contribution in [0.5, 0.6) is 5.75 Å². The Morgan fingerprint density at radius 2 is 2.15 bits per heavy atom. The van der Waals surface area contributed by atoms with E-state index in [0.717, 1.165) is 35.1 Å². The lowest BCUT2D eigenvalue weighted by molar-refractivity contribution is 0.199. The van der Waals surface area contributed by atoms with Gasteiger partial charge in [-0.05, 0) is 19.1 Å². The largest absolute Gasteiger partial charge is 0.493 e. The molecule has 0 saturated carbocycles. The standard InChI is InChI=1S/C15H20N2O2S/c1-3-19-14-7-5-4-6-13(14)15-17-12(11-20-15)10-16-8-9-18-2/h4-7,11,16H,3,8-10H2,1-2H3. The maximum absolute atomic E-state index is 5.65. The molecule has 0 amide bonds. The van der Waals surface area contributed by atoms with E-state index >= 15 is 0 Å². The maximum atomic E-state index is 5.65. The third-order valence-electron chi connectivity index (χ3n) is 2.76. The van der Waals surface area contributed by atoms with Gasteiger partial charge in [-0.1, -0.05) is 12.1 Å². The van der Waals surface area contributed by atoms with Gasteiger partial charge in [0, 0.05) is 25.6 Å². The van der Waals surface area contributed by atoms with Gasteiger partial charge < -0.3 is 14.8 Å². The van der Waals surface area contributed by atoms with E-state index in [0.29, 0.717) is 13.2 Å². The van der Waals surface area contributed by atoms with Crippen LogP contribution in [0.1, 0.15) is 12.6 Å². The molecule has 20 heavy (non-hydrogen) atoms. The number of para-hydroxylation sites is 1. The lowest BCUT2D eigenvalue weighted by atomic mass is 10.2. The molecule has 1 aromatic carbocycles. The number of thiazole rings is 1. The second-order valence-electron chi connectivity index (χ2n) is 4.24. The van der Waals surface area contributed by atoms with Crippen molar-refractivity contribution in [1.82, 2.24) is 10.3 Å². The Hall–Kier alpha value is -1.43. The number of nitrogens with one attached hydrogen (secondary N) is 1. The first-order valence-electron chi connectivity index (χ1n) is 6.71. The van der Waals surface area contributed by atoms with E-state index in [-0.39, 0.29) is 0 Å². The highest BCUT2D eigenvalue weighted by Gasteiger charge is 2.09. The summed E-state index contributed by atoms with van der Waals surface area (Å²) in [7, 11) is 1.70. The van der Waals surface area contributed by atoms with Crippen molar-refractivity contribution in [1.29, 1.82) is 0 Å². The second kappa shape index (κ2) is 7.99. The van der Waals surface area contributed by atoms with Crippen LogP contribution in [0.3, 0.4) is 0 Å². The summed E-state index contributed by atoms with van der Waals surface area (Å²) in [5.41, 5.74) is 2.11. The van der Waals surface area contributed by atoms with Gasteiger partial charge in [-0.3, -0.25) is 0 Å². The Kier molecular flexibility index (Phi) is 5.98. The van der Waals surface area contributed by atoms with E-state index in [1.807, 2.05) is 31.2 Å². The zero-order valence-corrected chi connectivity index (χ0v) is 12.7. The number of hydrogen-bond donors (Lipinski definition) is 1. The number of hydrogen-bond acceptors (Lipinski definition) is 5. The van der Waals surface area contributed by atoms with Crippen LogP contribution in [0.2, 0.25) is 0 Å². The molecule has 0 aliphatic heterocycles. The summed E-state index contributed by atoms with van der Waals surface area (Å²) in [6, 6.07) is 8.02. The molecule has 1 N–H and O–H groups in total. The van der Waals surface area contributed by atoms with Crippen LogP contribution in [0, 0.1) is 0 Å². The Balaban J connectivity index is 2.04. The van der Waals surface area contributed by atoms with Gasteiger partial charge in [0.15, 0.2) is 0 Å². The minimum atomic E-state index is 0.661. The Bertz CT molecular complexity index is 528. The molecule has 2 aromatic rings. The molecule has 0 spiro atoms. The van der Waals surface area contributed by atoms with Gasteiger partial charge in [0.05, 0.1) is 24.5 Å². The van der Waals surface area contributed by atoms with E-state index in [1.54, 1.807) is 18.4 Å². The fourth-order valence-electron chi connectivity index (χ4n) is 1.83. The van der Waals surface area contributed by atoms with Crippen molar-refractivity contribution in [2.45, 2.75) is 13.5 Å². The monoisotopic (exact) mass is 292 g/mol. The molecule has 0 bridgehead atoms. The van der Waals surface area contributed by atoms with Crippen molar-refractivity contribution in [2.24, 2.45) is 0 Å². The summed E-state index contributed by atoms with van der Waals surface area (Å²) < 4.78 is 10.6. The van der Waals surface area contributed by atoms with Gasteiger partial charge in [-0.15, -0.1) is 11.3 Å². The molecule has 5 heteroatoms. The first kappa shape index (κ1) is 15.0. The van der Waals surface area contributed by atoms with Crippen molar-refractivity contribution in [3.8, 4) is 16.3 Å². The number of nitrogens with zero attached hydrogens (tertiary/aromatic N) is 1. The Morgan fingerprint density at radius 3 is 2.95 bits per heavy atom. The van der Waals surface area contributed by atoms with Gasteiger partial charge in [-0.25, -0.2) is 4.98 Å². The number of aromatic nitrogens is 1. The van der Waals surface area contributed by atoms with E-state index in [4.69, 9.17) is 9.47 Å². The maximum Gasteiger partial charge on any atom is 0.129 e. The van der Waals surface area contributed by atoms with Gasteiger partial charge in [0.2, 0.25) is 0 Å². The van der Waals surface area contributed by atoms with Gasteiger partial charge in [0.25, 0.3) is 0 Å². The van der Waals surface area contributed by atoms with Crippen LogP contribution in [0.15, 0.2) is 29.6 Å². The highest BCUT2D eigenvalue weighted by molar-refractivity contribution is 7.13. The Labute approximate surface area is 123 Å². The van der Waals surface area contributed by atoms with E-state index < -0.39 is 0 Å². The zero-order valence-electron chi connectivity index (χ0n) is 11.9. The highest BCUT2D eigenvalue weighted by atomic mass is 32.1. The lowest BCUT2D eigenvalue weighted by Crippen LogP contribution is -2.18. The number of benzene rings is 1. The summed E-state index contributed by atoms with van der Waals surface area (Å²) in [5.74, 6) is 0.892. The normalized spacial score (nSPS) is 10.7. The number of ether oxygens (including phenoxy) is 2. The van der Waals surface area contributed by atoms with Crippen LogP contribution in [-0.2, 0) is 11.3 Å². The van der Waals surface area contributed by atoms with Crippen LogP contribution in [-0.4, -0.2) is 31.9 Å². The SMILES string of the molecule is CCOc1ccccc1-c1nc(CNCCOC)cs1. The van der Waals surface area contributed by atoms with E-state index in [9.17, 15) is 0 Å². The molecule has 108 valence electrons. The third-order valence-corrected chi connectivity index (χ3v) is 3.68. The van der Waals surface area contributed by atoms with Gasteiger partial charge >= 0.3 is 0 Å². The third kappa shape index (κ3) is 4.03. The van der Waals surface area contributed by atoms with Crippen LogP contribution in [0.25, 0.3) is 10.6 Å². The van der Waals surface area contributed by atoms with Crippen LogP contribution in [0.4, 0.5) is 0 Å². The van der Waals surface area contributed by atoms with Crippen molar-refractivity contribution in [3.63, 3.8) is 0 Å². The van der Waals surface area contributed by atoms with Crippen molar-refractivity contribution >= 4 is 11.3 Å². The molecule has 1 heterocycles. The molecule has 0 aliphatic rings. The van der Waals surface area contributed by atoms with Crippen LogP contribution >= 0.6 is 11.3 Å². The molecule has 4 nitrogen and oxygen atoms in total. The predicted molar refractivity (Wildman–Crippen MR) is 82.3 cm³/mol. The average Bonchev–Trinajstić information content (AvgIpc) is 2.93. The van der Waals surface area contributed by atoms with Gasteiger partial charge in [-0.2, -0.15) is 0 Å². The predicted octanol–water partition coefficient (Wildman–Crippen LogP) is 2.94. The minimum absolute atomic E-state index is 0.661. The smallest absolute Gasteiger partial charge is 0.129 e. The summed E-state index contributed by atoms with van der Waals surface area (Å²) in [6.07, 6.45) is 0. The molecular weight excluding hydrogens is 272 g/mol. The minimum Gasteiger partial charge on any atom is -0.493 e. The van der Waals surface area contributed by atoms with Crippen molar-refractivity contribution in [3.05, 3.63) is 35.3 Å². The number of rotatable bonds is 8. The first-order valence-corrected chi connectivity index (χ1v) is 7.59. The molecule has 2 rings (SSSR count). The molecule has 0 fully saturated rings. The van der Waals surface area contributed by atoms with E-state index in [2.05, 4.69) is 15.7 Å². The molecule has 0 atom stereocenters. The number of methoxy groups -OCH3 is 1. The highest BCUT2D eigenvalue weighted by Crippen LogP contribution is 2.32. The summed E-state index contributed by atoms with van der Waals surface area (Å²) in [4.78, 5) is 4.66. The molecule has 0 aliphatic carbocycles. The second-order valence-corrected chi connectivity index (χ2v) is 5.10. The molecular formula is C15H20N2O2S. The summed E-state index contributed by atoms with van der Waals surface area (Å²) >= 11 is 1.64. The summed E-state index contributed by atoms with van der Waals surface area (Å²) in [5, 5.41) is 6.37. The quantitative estimate of drug-likeness (QED) is 0.760. The fraction of sp³-hybridized carbons (Fsp3) is 0.400. The Morgan fingerprint density at radius 1 is 1.30 bits per heavy atom. The average molecular weight is 292 g/mol. The first-order chi connectivity index (χ1) is 9.85. The lowest BCUT2D eigenvalue weighted by Gasteiger charge is -2.07. The van der Waals surface area contributed by atoms with Crippen molar-refractivity contribution < 1.29 is 9.47 Å². The van der Waals surface area contributed by atoms with Crippen molar-refractivity contribution in [2.75, 3.05) is 26.9 Å². The summed E-state index contributed by atoms with van der Waals surface area (Å²) in [6.45, 7) is 4.96. The molecule has 0 unspecified atom stereocenters.